The number of hydrogen-bond acceptors (Lipinski definition) is 3. The van der Waals surface area contributed by atoms with Gasteiger partial charge in [0.15, 0.2) is 0 Å². The number of nitrogens with zero attached hydrogens (tertiary/aromatic N) is 1. The molecule has 0 saturated carbocycles. The Balaban J connectivity index is 2.09. The van der Waals surface area contributed by atoms with E-state index in [1.807, 2.05) is 18.2 Å². The number of amides is 1. The van der Waals surface area contributed by atoms with Crippen LogP contribution < -0.4 is 5.32 Å². The molecule has 0 radical (unpaired) electrons. The Morgan fingerprint density at radius 3 is 3.00 bits per heavy atom. The van der Waals surface area contributed by atoms with Crippen molar-refractivity contribution in [2.75, 3.05) is 5.32 Å². The van der Waals surface area contributed by atoms with Crippen LogP contribution in [0.4, 0.5) is 5.69 Å². The van der Waals surface area contributed by atoms with Crippen molar-refractivity contribution >= 4 is 46.2 Å². The number of thiophene rings is 1. The van der Waals surface area contributed by atoms with Crippen LogP contribution in [0, 0.1) is 0 Å². The minimum absolute atomic E-state index is 0.0995. The maximum atomic E-state index is 11.8. The van der Waals surface area contributed by atoms with Crippen molar-refractivity contribution in [2.45, 2.75) is 0 Å². The molecule has 1 aliphatic heterocycles. The van der Waals surface area contributed by atoms with Crippen LogP contribution in [0.2, 0.25) is 4.34 Å². The van der Waals surface area contributed by atoms with E-state index < -0.39 is 0 Å². The Hall–Kier alpha value is -1.65. The molecular weight excluding hydrogens is 256 g/mol. The predicted molar refractivity (Wildman–Crippen MR) is 70.1 cm³/mol. The lowest BCUT2D eigenvalue weighted by atomic mass is 10.1. The van der Waals surface area contributed by atoms with Gasteiger partial charge in [-0.1, -0.05) is 11.6 Å². The fourth-order valence-corrected chi connectivity index (χ4v) is 2.73. The Morgan fingerprint density at radius 2 is 2.24 bits per heavy atom. The summed E-state index contributed by atoms with van der Waals surface area (Å²) in [5.74, 6) is -0.0995. The summed E-state index contributed by atoms with van der Waals surface area (Å²) in [7, 11) is 0. The fraction of sp³-hybridized carbons (Fsp3) is 0. The third-order valence-electron chi connectivity index (χ3n) is 2.48. The van der Waals surface area contributed by atoms with Gasteiger partial charge >= 0.3 is 0 Å². The Bertz CT molecular complexity index is 633. The third-order valence-corrected chi connectivity index (χ3v) is 3.66. The molecule has 1 aliphatic rings. The van der Waals surface area contributed by atoms with Crippen molar-refractivity contribution in [1.82, 2.24) is 4.98 Å². The number of carbonyl (C=O) groups excluding carboxylic acids is 1. The summed E-state index contributed by atoms with van der Waals surface area (Å²) >= 11 is 7.30. The van der Waals surface area contributed by atoms with Gasteiger partial charge in [0.2, 0.25) is 0 Å². The van der Waals surface area contributed by atoms with E-state index in [1.165, 1.54) is 11.3 Å². The zero-order valence-electron chi connectivity index (χ0n) is 8.61. The van der Waals surface area contributed by atoms with E-state index in [2.05, 4.69) is 10.3 Å². The molecule has 0 aliphatic carbocycles. The molecule has 1 amide bonds. The number of aromatic nitrogens is 1. The van der Waals surface area contributed by atoms with Gasteiger partial charge in [0.05, 0.1) is 15.6 Å². The number of hydrogen-bond donors (Lipinski definition) is 1. The Kier molecular flexibility index (Phi) is 2.46. The molecule has 17 heavy (non-hydrogen) atoms. The second kappa shape index (κ2) is 3.98. The first kappa shape index (κ1) is 10.5. The number of anilines is 1. The average molecular weight is 263 g/mol. The van der Waals surface area contributed by atoms with Crippen LogP contribution in [0.15, 0.2) is 30.6 Å². The van der Waals surface area contributed by atoms with Gasteiger partial charge in [0, 0.05) is 22.8 Å². The second-order valence-electron chi connectivity index (χ2n) is 3.58. The highest BCUT2D eigenvalue weighted by atomic mass is 35.5. The largest absolute Gasteiger partial charge is 0.321 e. The second-order valence-corrected chi connectivity index (χ2v) is 5.32. The minimum Gasteiger partial charge on any atom is -0.321 e. The van der Waals surface area contributed by atoms with Crippen LogP contribution in [0.3, 0.4) is 0 Å². The van der Waals surface area contributed by atoms with E-state index >= 15 is 0 Å². The molecular formula is C12H7ClN2OS. The molecule has 1 N–H and O–H groups in total. The van der Waals surface area contributed by atoms with Gasteiger partial charge in [0.1, 0.15) is 0 Å². The fourth-order valence-electron chi connectivity index (χ4n) is 1.72. The van der Waals surface area contributed by atoms with E-state index in [1.54, 1.807) is 18.5 Å². The van der Waals surface area contributed by atoms with Crippen molar-refractivity contribution in [3.8, 4) is 0 Å². The summed E-state index contributed by atoms with van der Waals surface area (Å²) in [4.78, 5) is 16.8. The first-order valence-electron chi connectivity index (χ1n) is 4.97. The molecule has 3 heterocycles. The molecule has 0 atom stereocenters. The van der Waals surface area contributed by atoms with Gasteiger partial charge in [0.25, 0.3) is 5.91 Å². The first-order valence-corrected chi connectivity index (χ1v) is 6.16. The smallest absolute Gasteiger partial charge is 0.256 e. The van der Waals surface area contributed by atoms with Crippen LogP contribution >= 0.6 is 22.9 Å². The lowest BCUT2D eigenvalue weighted by molar-refractivity contribution is -0.110. The van der Waals surface area contributed by atoms with E-state index in [0.29, 0.717) is 9.91 Å². The average Bonchev–Trinajstić information content (AvgIpc) is 2.85. The number of halogens is 1. The number of nitrogens with one attached hydrogen (secondary N) is 1. The Labute approximate surface area is 107 Å². The van der Waals surface area contributed by atoms with Gasteiger partial charge in [-0.2, -0.15) is 0 Å². The van der Waals surface area contributed by atoms with Gasteiger partial charge in [-0.3, -0.25) is 9.78 Å². The SMILES string of the molecule is O=C1Nc2ccncc2C1=Cc1ccc(Cl)s1. The molecule has 0 aromatic carbocycles. The van der Waals surface area contributed by atoms with Gasteiger partial charge in [-0.15, -0.1) is 11.3 Å². The molecule has 2 aromatic rings. The summed E-state index contributed by atoms with van der Waals surface area (Å²) < 4.78 is 0.710. The van der Waals surface area contributed by atoms with Crippen LogP contribution in [0.1, 0.15) is 10.4 Å². The van der Waals surface area contributed by atoms with Crippen LogP contribution in [0.25, 0.3) is 11.6 Å². The standard InChI is InChI=1S/C12H7ClN2OS/c13-11-2-1-7(17-11)5-8-9-6-14-4-3-10(9)15-12(8)16/h1-6H,(H,15,16). The van der Waals surface area contributed by atoms with Crippen molar-refractivity contribution in [3.05, 3.63) is 45.4 Å². The lowest BCUT2D eigenvalue weighted by Gasteiger charge is -1.94. The molecule has 0 bridgehead atoms. The highest BCUT2D eigenvalue weighted by Gasteiger charge is 2.23. The summed E-state index contributed by atoms with van der Waals surface area (Å²) in [6.45, 7) is 0. The van der Waals surface area contributed by atoms with Crippen molar-refractivity contribution in [2.24, 2.45) is 0 Å². The maximum Gasteiger partial charge on any atom is 0.256 e. The molecule has 5 heteroatoms. The predicted octanol–water partition coefficient (Wildman–Crippen LogP) is 3.29. The third kappa shape index (κ3) is 1.85. The molecule has 0 spiro atoms. The lowest BCUT2D eigenvalue weighted by Crippen LogP contribution is -2.03. The van der Waals surface area contributed by atoms with Gasteiger partial charge in [-0.25, -0.2) is 0 Å². The van der Waals surface area contributed by atoms with E-state index in [4.69, 9.17) is 11.6 Å². The zero-order valence-corrected chi connectivity index (χ0v) is 10.2. The topological polar surface area (TPSA) is 42.0 Å². The highest BCUT2D eigenvalue weighted by Crippen LogP contribution is 2.33. The number of fused-ring (bicyclic) bond motifs is 1. The summed E-state index contributed by atoms with van der Waals surface area (Å²) in [6.07, 6.45) is 5.18. The van der Waals surface area contributed by atoms with Gasteiger partial charge < -0.3 is 5.32 Å². The van der Waals surface area contributed by atoms with E-state index in [9.17, 15) is 4.79 Å². The highest BCUT2D eigenvalue weighted by molar-refractivity contribution is 7.17. The summed E-state index contributed by atoms with van der Waals surface area (Å²) in [6, 6.07) is 5.49. The van der Waals surface area contributed by atoms with Crippen molar-refractivity contribution in [1.29, 1.82) is 0 Å². The molecule has 0 fully saturated rings. The summed E-state index contributed by atoms with van der Waals surface area (Å²) in [5, 5.41) is 2.80. The van der Waals surface area contributed by atoms with Gasteiger partial charge in [-0.05, 0) is 24.3 Å². The number of pyridine rings is 1. The molecule has 3 nitrogen and oxygen atoms in total. The van der Waals surface area contributed by atoms with Crippen molar-refractivity contribution in [3.63, 3.8) is 0 Å². The molecule has 3 rings (SSSR count). The minimum atomic E-state index is -0.0995. The molecule has 0 saturated heterocycles. The quantitative estimate of drug-likeness (QED) is 0.802. The Morgan fingerprint density at radius 1 is 1.35 bits per heavy atom. The zero-order chi connectivity index (χ0) is 11.8. The molecule has 0 unspecified atom stereocenters. The monoisotopic (exact) mass is 262 g/mol. The van der Waals surface area contributed by atoms with Crippen molar-refractivity contribution < 1.29 is 4.79 Å². The van der Waals surface area contributed by atoms with E-state index in [-0.39, 0.29) is 5.91 Å². The van der Waals surface area contributed by atoms with E-state index in [0.717, 1.165) is 16.1 Å². The number of carbonyl (C=O) groups is 1. The first-order chi connectivity index (χ1) is 8.24. The van der Waals surface area contributed by atoms with Crippen LogP contribution in [-0.4, -0.2) is 10.9 Å². The molecule has 84 valence electrons. The van der Waals surface area contributed by atoms with Crippen LogP contribution in [0.5, 0.6) is 0 Å². The van der Waals surface area contributed by atoms with Crippen LogP contribution in [-0.2, 0) is 4.79 Å². The maximum absolute atomic E-state index is 11.8. The number of rotatable bonds is 1. The summed E-state index contributed by atoms with van der Waals surface area (Å²) in [5.41, 5.74) is 2.27. The molecule has 2 aromatic heterocycles. The normalized spacial score (nSPS) is 16.1.